The number of amides is 1. The second-order valence-electron chi connectivity index (χ2n) is 6.32. The highest BCUT2D eigenvalue weighted by atomic mass is 16.5. The molecule has 2 rings (SSSR count). The summed E-state index contributed by atoms with van der Waals surface area (Å²) in [6, 6.07) is 9.08. The smallest absolute Gasteiger partial charge is 0.237 e. The van der Waals surface area contributed by atoms with Crippen LogP contribution in [0.15, 0.2) is 24.3 Å². The van der Waals surface area contributed by atoms with Crippen LogP contribution in [0.1, 0.15) is 43.7 Å². The lowest BCUT2D eigenvalue weighted by Gasteiger charge is -2.23. The van der Waals surface area contributed by atoms with E-state index >= 15 is 0 Å². The van der Waals surface area contributed by atoms with Gasteiger partial charge in [-0.05, 0) is 29.9 Å². The summed E-state index contributed by atoms with van der Waals surface area (Å²) >= 11 is 0. The van der Waals surface area contributed by atoms with Crippen LogP contribution in [0.3, 0.4) is 0 Å². The third-order valence-corrected chi connectivity index (χ3v) is 4.07. The molecule has 1 aromatic rings. The number of carbonyl (C=O) groups is 1. The van der Waals surface area contributed by atoms with E-state index in [9.17, 15) is 4.79 Å². The lowest BCUT2D eigenvalue weighted by Crippen LogP contribution is -2.40. The van der Waals surface area contributed by atoms with Gasteiger partial charge in [0.1, 0.15) is 0 Å². The van der Waals surface area contributed by atoms with Crippen molar-refractivity contribution in [3.05, 3.63) is 35.4 Å². The van der Waals surface area contributed by atoms with Crippen LogP contribution in [0.5, 0.6) is 0 Å². The van der Waals surface area contributed by atoms with Crippen LogP contribution in [0, 0.1) is 0 Å². The molecule has 0 bridgehead atoms. The second-order valence-corrected chi connectivity index (χ2v) is 6.32. The van der Waals surface area contributed by atoms with Crippen molar-refractivity contribution in [1.29, 1.82) is 0 Å². The Hall–Kier alpha value is -1.39. The normalized spacial score (nSPS) is 14.4. The monoisotopic (exact) mass is 304 g/mol. The molecule has 0 atom stereocenters. The predicted molar refractivity (Wildman–Crippen MR) is 88.8 cm³/mol. The molecular weight excluding hydrogens is 276 g/mol. The van der Waals surface area contributed by atoms with Crippen LogP contribution in [-0.4, -0.2) is 43.7 Å². The van der Waals surface area contributed by atoms with E-state index in [2.05, 4.69) is 43.4 Å². The molecule has 0 heterocycles. The molecule has 1 aliphatic carbocycles. The van der Waals surface area contributed by atoms with Crippen LogP contribution < -0.4 is 5.32 Å². The number of ether oxygens (including phenoxy) is 1. The zero-order valence-corrected chi connectivity index (χ0v) is 14.0. The minimum absolute atomic E-state index is 0.187. The lowest BCUT2D eigenvalue weighted by molar-refractivity contribution is -0.131. The van der Waals surface area contributed by atoms with E-state index in [0.717, 1.165) is 12.8 Å². The minimum atomic E-state index is 0.187. The van der Waals surface area contributed by atoms with Crippen LogP contribution in [-0.2, 0) is 16.1 Å². The molecule has 0 aromatic heterocycles. The fourth-order valence-corrected chi connectivity index (χ4v) is 2.48. The molecule has 1 saturated carbocycles. The molecule has 122 valence electrons. The summed E-state index contributed by atoms with van der Waals surface area (Å²) in [6.07, 6.45) is 2.27. The van der Waals surface area contributed by atoms with Gasteiger partial charge in [0.05, 0.1) is 13.2 Å². The van der Waals surface area contributed by atoms with Gasteiger partial charge in [-0.1, -0.05) is 38.1 Å². The molecule has 0 aliphatic heterocycles. The van der Waals surface area contributed by atoms with Crippen LogP contribution in [0.2, 0.25) is 0 Å². The molecule has 22 heavy (non-hydrogen) atoms. The van der Waals surface area contributed by atoms with Gasteiger partial charge in [0.25, 0.3) is 0 Å². The maximum atomic E-state index is 12.4. The Labute approximate surface area is 133 Å². The zero-order valence-electron chi connectivity index (χ0n) is 14.0. The van der Waals surface area contributed by atoms with Crippen molar-refractivity contribution in [2.45, 2.75) is 45.2 Å². The van der Waals surface area contributed by atoms with Crippen LogP contribution in [0.25, 0.3) is 0 Å². The van der Waals surface area contributed by atoms with Gasteiger partial charge in [-0.2, -0.15) is 0 Å². The second kappa shape index (κ2) is 8.30. The Morgan fingerprint density at radius 3 is 2.55 bits per heavy atom. The number of methoxy groups -OCH3 is 1. The molecule has 4 nitrogen and oxygen atoms in total. The highest BCUT2D eigenvalue weighted by molar-refractivity contribution is 5.79. The summed E-state index contributed by atoms with van der Waals surface area (Å²) in [5, 5.41) is 3.14. The SMILES string of the molecule is COCCNCC(=O)N(Cc1ccc(C(C)C)cc1)C1CC1. The molecule has 1 N–H and O–H groups in total. The number of carbonyl (C=O) groups excluding carboxylic acids is 1. The van der Waals surface area contributed by atoms with Gasteiger partial charge in [0, 0.05) is 26.2 Å². The number of hydrogen-bond acceptors (Lipinski definition) is 3. The van der Waals surface area contributed by atoms with Crippen molar-refractivity contribution < 1.29 is 9.53 Å². The Morgan fingerprint density at radius 1 is 1.32 bits per heavy atom. The average Bonchev–Trinajstić information content (AvgIpc) is 3.34. The summed E-state index contributed by atoms with van der Waals surface area (Å²) in [5.74, 6) is 0.728. The number of nitrogens with one attached hydrogen (secondary N) is 1. The van der Waals surface area contributed by atoms with Gasteiger partial charge in [-0.3, -0.25) is 4.79 Å². The van der Waals surface area contributed by atoms with Gasteiger partial charge in [-0.15, -0.1) is 0 Å². The molecule has 1 amide bonds. The van der Waals surface area contributed by atoms with Crippen molar-refractivity contribution in [1.82, 2.24) is 10.2 Å². The van der Waals surface area contributed by atoms with Gasteiger partial charge in [0.2, 0.25) is 5.91 Å². The highest BCUT2D eigenvalue weighted by Crippen LogP contribution is 2.28. The van der Waals surface area contributed by atoms with E-state index in [-0.39, 0.29) is 5.91 Å². The molecule has 1 aromatic carbocycles. The Balaban J connectivity index is 1.89. The molecule has 0 radical (unpaired) electrons. The highest BCUT2D eigenvalue weighted by Gasteiger charge is 2.32. The molecule has 4 heteroatoms. The summed E-state index contributed by atoms with van der Waals surface area (Å²) in [7, 11) is 1.67. The van der Waals surface area contributed by atoms with E-state index < -0.39 is 0 Å². The van der Waals surface area contributed by atoms with Crippen molar-refractivity contribution >= 4 is 5.91 Å². The summed E-state index contributed by atoms with van der Waals surface area (Å²) < 4.78 is 4.98. The van der Waals surface area contributed by atoms with Gasteiger partial charge >= 0.3 is 0 Å². The van der Waals surface area contributed by atoms with E-state index in [4.69, 9.17) is 4.74 Å². The number of benzene rings is 1. The zero-order chi connectivity index (χ0) is 15.9. The van der Waals surface area contributed by atoms with E-state index in [1.165, 1.54) is 11.1 Å². The number of rotatable bonds is 9. The Kier molecular flexibility index (Phi) is 6.40. The minimum Gasteiger partial charge on any atom is -0.383 e. The number of hydrogen-bond donors (Lipinski definition) is 1. The first kappa shape index (κ1) is 17.0. The molecule has 0 spiro atoms. The molecule has 1 fully saturated rings. The van der Waals surface area contributed by atoms with Gasteiger partial charge in [0.15, 0.2) is 0 Å². The third kappa shape index (κ3) is 5.11. The molecular formula is C18H28N2O2. The molecule has 0 unspecified atom stereocenters. The van der Waals surface area contributed by atoms with Crippen LogP contribution >= 0.6 is 0 Å². The fourth-order valence-electron chi connectivity index (χ4n) is 2.48. The number of nitrogens with zero attached hydrogens (tertiary/aromatic N) is 1. The van der Waals surface area contributed by atoms with Gasteiger partial charge in [-0.25, -0.2) is 0 Å². The van der Waals surface area contributed by atoms with Crippen LogP contribution in [0.4, 0.5) is 0 Å². The predicted octanol–water partition coefficient (Wildman–Crippen LogP) is 2.54. The molecule has 1 aliphatic rings. The standard InChI is InChI=1S/C18H28N2O2/c1-14(2)16-6-4-15(5-7-16)13-20(17-8-9-17)18(21)12-19-10-11-22-3/h4-7,14,17,19H,8-13H2,1-3H3. The van der Waals surface area contributed by atoms with E-state index in [1.54, 1.807) is 7.11 Å². The first-order chi connectivity index (χ1) is 10.6. The van der Waals surface area contributed by atoms with Gasteiger partial charge < -0.3 is 15.0 Å². The van der Waals surface area contributed by atoms with E-state index in [0.29, 0.717) is 38.2 Å². The lowest BCUT2D eigenvalue weighted by atomic mass is 10.0. The topological polar surface area (TPSA) is 41.6 Å². The quantitative estimate of drug-likeness (QED) is 0.713. The third-order valence-electron chi connectivity index (χ3n) is 4.07. The summed E-state index contributed by atoms with van der Waals surface area (Å²) in [4.78, 5) is 14.4. The summed E-state index contributed by atoms with van der Waals surface area (Å²) in [6.45, 7) is 6.84. The Bertz CT molecular complexity index is 466. The van der Waals surface area contributed by atoms with Crippen molar-refractivity contribution in [3.63, 3.8) is 0 Å². The van der Waals surface area contributed by atoms with E-state index in [1.807, 2.05) is 4.90 Å². The largest absolute Gasteiger partial charge is 0.383 e. The maximum Gasteiger partial charge on any atom is 0.237 e. The summed E-state index contributed by atoms with van der Waals surface area (Å²) in [5.41, 5.74) is 2.55. The fraction of sp³-hybridized carbons (Fsp3) is 0.611. The van der Waals surface area contributed by atoms with Crippen molar-refractivity contribution in [2.24, 2.45) is 0 Å². The first-order valence-electron chi connectivity index (χ1n) is 8.19. The maximum absolute atomic E-state index is 12.4. The first-order valence-corrected chi connectivity index (χ1v) is 8.19. The average molecular weight is 304 g/mol. The molecule has 0 saturated heterocycles. The van der Waals surface area contributed by atoms with Crippen molar-refractivity contribution in [3.8, 4) is 0 Å². The van der Waals surface area contributed by atoms with Crippen molar-refractivity contribution in [2.75, 3.05) is 26.8 Å². The Morgan fingerprint density at radius 2 is 2.00 bits per heavy atom.